The van der Waals surface area contributed by atoms with E-state index >= 15 is 0 Å². The largest absolute Gasteiger partial charge is 0.384 e. The molecule has 1 atom stereocenters. The van der Waals surface area contributed by atoms with Gasteiger partial charge < -0.3 is 16.4 Å². The lowest BCUT2D eigenvalue weighted by Crippen LogP contribution is -2.44. The highest BCUT2D eigenvalue weighted by Gasteiger charge is 2.46. The van der Waals surface area contributed by atoms with Crippen LogP contribution in [-0.4, -0.2) is 26.9 Å². The van der Waals surface area contributed by atoms with Gasteiger partial charge in [-0.1, -0.05) is 5.57 Å². The molecule has 28 heavy (non-hydrogen) atoms. The summed E-state index contributed by atoms with van der Waals surface area (Å²) in [7, 11) is 0. The molecule has 2 aromatic heterocycles. The number of carbonyl (C=O) groups is 1. The van der Waals surface area contributed by atoms with Crippen molar-refractivity contribution in [2.45, 2.75) is 38.3 Å². The number of nitrogen functional groups attached to an aromatic ring is 1. The molecule has 10 heteroatoms. The number of amides is 1. The minimum atomic E-state index is -2.48. The summed E-state index contributed by atoms with van der Waals surface area (Å²) in [4.78, 5) is 33.5. The number of hydrogen-bond acceptors (Lipinski definition) is 6. The first-order valence-corrected chi connectivity index (χ1v) is 8.72. The molecule has 1 spiro atoms. The third-order valence-corrected chi connectivity index (χ3v) is 4.97. The molecule has 1 unspecified atom stereocenters. The Balaban J connectivity index is 1.81. The summed E-state index contributed by atoms with van der Waals surface area (Å²) in [5.41, 5.74) is 5.59. The van der Waals surface area contributed by atoms with Crippen molar-refractivity contribution in [3.05, 3.63) is 51.7 Å². The smallest absolute Gasteiger partial charge is 0.277 e. The van der Waals surface area contributed by atoms with E-state index in [9.17, 15) is 18.4 Å². The van der Waals surface area contributed by atoms with Gasteiger partial charge in [0.1, 0.15) is 35.0 Å². The maximum absolute atomic E-state index is 13.2. The Morgan fingerprint density at radius 2 is 2.14 bits per heavy atom. The van der Waals surface area contributed by atoms with E-state index in [1.807, 2.05) is 0 Å². The highest BCUT2D eigenvalue weighted by atomic mass is 19.3. The zero-order valence-corrected chi connectivity index (χ0v) is 15.0. The molecular formula is C18H18F2N6O2. The third-order valence-electron chi connectivity index (χ3n) is 4.97. The van der Waals surface area contributed by atoms with Gasteiger partial charge >= 0.3 is 0 Å². The molecule has 0 bridgehead atoms. The fraction of sp³-hybridized carbons (Fsp3) is 0.333. The number of carbonyl (C=O) groups excluding carboxylic acids is 1. The minimum absolute atomic E-state index is 0.200. The van der Waals surface area contributed by atoms with E-state index in [4.69, 9.17) is 5.73 Å². The van der Waals surface area contributed by atoms with Crippen LogP contribution in [0.2, 0.25) is 0 Å². The van der Waals surface area contributed by atoms with Crippen LogP contribution >= 0.6 is 0 Å². The first kappa shape index (κ1) is 18.1. The van der Waals surface area contributed by atoms with Crippen LogP contribution in [0.3, 0.4) is 0 Å². The fourth-order valence-corrected chi connectivity index (χ4v) is 3.85. The topological polar surface area (TPSA) is 115 Å². The second-order valence-electron chi connectivity index (χ2n) is 6.96. The second kappa shape index (κ2) is 6.39. The van der Waals surface area contributed by atoms with Gasteiger partial charge in [0, 0.05) is 12.5 Å². The van der Waals surface area contributed by atoms with E-state index in [2.05, 4.69) is 20.6 Å². The van der Waals surface area contributed by atoms with Crippen LogP contribution in [0.4, 0.5) is 26.1 Å². The highest BCUT2D eigenvalue weighted by molar-refractivity contribution is 5.97. The minimum Gasteiger partial charge on any atom is -0.384 e. The number of anilines is 3. The van der Waals surface area contributed by atoms with Gasteiger partial charge in [-0.25, -0.2) is 18.7 Å². The number of nitrogens with two attached hydrogens (primary N) is 1. The van der Waals surface area contributed by atoms with Crippen molar-refractivity contribution in [1.82, 2.24) is 19.9 Å². The lowest BCUT2D eigenvalue weighted by atomic mass is 10.1. The maximum Gasteiger partial charge on any atom is 0.277 e. The molecule has 8 nitrogen and oxygen atoms in total. The number of rotatable bonds is 4. The number of aryl methyl sites for hydroxylation is 1. The van der Waals surface area contributed by atoms with Gasteiger partial charge in [0.15, 0.2) is 0 Å². The second-order valence-corrected chi connectivity index (χ2v) is 6.96. The zero-order valence-electron chi connectivity index (χ0n) is 15.0. The van der Waals surface area contributed by atoms with Gasteiger partial charge in [-0.05, 0) is 37.5 Å². The van der Waals surface area contributed by atoms with Crippen LogP contribution in [0.5, 0.6) is 0 Å². The predicted octanol–water partition coefficient (Wildman–Crippen LogP) is 2.04. The first-order chi connectivity index (χ1) is 13.3. The summed E-state index contributed by atoms with van der Waals surface area (Å²) in [5, 5.41) is 5.71. The Kier molecular flexibility index (Phi) is 4.13. The molecule has 0 saturated carbocycles. The molecule has 4 rings (SSSR count). The quantitative estimate of drug-likeness (QED) is 0.691. The van der Waals surface area contributed by atoms with Crippen LogP contribution in [0, 0.1) is 6.92 Å². The number of nitrogens with one attached hydrogen (secondary N) is 2. The third kappa shape index (κ3) is 2.90. The van der Waals surface area contributed by atoms with Crippen molar-refractivity contribution in [3.8, 4) is 0 Å². The van der Waals surface area contributed by atoms with E-state index in [0.29, 0.717) is 29.8 Å². The number of aromatic nitrogens is 3. The van der Waals surface area contributed by atoms with Crippen molar-refractivity contribution in [2.24, 2.45) is 0 Å². The molecule has 0 aromatic carbocycles. The number of alkyl halides is 2. The van der Waals surface area contributed by atoms with Crippen molar-refractivity contribution in [2.75, 3.05) is 11.1 Å². The molecule has 0 saturated heterocycles. The van der Waals surface area contributed by atoms with Gasteiger partial charge in [-0.3, -0.25) is 14.2 Å². The zero-order chi connectivity index (χ0) is 20.1. The lowest BCUT2D eigenvalue weighted by molar-refractivity contribution is 0.0937. The van der Waals surface area contributed by atoms with E-state index in [-0.39, 0.29) is 23.6 Å². The number of fused-ring (bicyclic) bond motifs is 2. The number of nitrogens with zero attached hydrogens (tertiary/aromatic N) is 3. The van der Waals surface area contributed by atoms with Crippen molar-refractivity contribution in [1.29, 1.82) is 0 Å². The molecule has 4 N–H and O–H groups in total. The van der Waals surface area contributed by atoms with Crippen molar-refractivity contribution < 1.29 is 13.6 Å². The normalized spacial score (nSPS) is 20.4. The fourth-order valence-electron chi connectivity index (χ4n) is 3.85. The standard InChI is InChI=1S/C18H18F2N6O2/c1-9-4-11(24-14-6-13(21)22-8-23-14)17(28)26-15(9)16(27)25-18(26)3-2-10(7-18)5-12(19)20/h4,6-8,12H,2-3,5H2,1H3,(H,25,27)(H3,21,22,23,24). The number of allylic oxidation sites excluding steroid dienone is 1. The Bertz CT molecular complexity index is 1060. The average Bonchev–Trinajstić information content (AvgIpc) is 3.13. The summed E-state index contributed by atoms with van der Waals surface area (Å²) in [5.74, 6) is 0.164. The van der Waals surface area contributed by atoms with Crippen LogP contribution in [0.25, 0.3) is 0 Å². The molecule has 0 fully saturated rings. The Morgan fingerprint density at radius 1 is 1.36 bits per heavy atom. The first-order valence-electron chi connectivity index (χ1n) is 8.72. The molecule has 146 valence electrons. The summed E-state index contributed by atoms with van der Waals surface area (Å²) >= 11 is 0. The van der Waals surface area contributed by atoms with Crippen LogP contribution in [0.1, 0.15) is 35.3 Å². The molecule has 3 heterocycles. The number of halogens is 2. The lowest BCUT2D eigenvalue weighted by Gasteiger charge is -2.25. The predicted molar refractivity (Wildman–Crippen MR) is 98.5 cm³/mol. The molecule has 1 aliphatic heterocycles. The molecule has 1 aliphatic carbocycles. The van der Waals surface area contributed by atoms with E-state index in [1.54, 1.807) is 19.1 Å². The van der Waals surface area contributed by atoms with Gasteiger partial charge in [0.05, 0.1) is 0 Å². The summed E-state index contributed by atoms with van der Waals surface area (Å²) in [6.45, 7) is 1.71. The SMILES string of the molecule is Cc1cc(Nc2cc(N)ncn2)c(=O)n2c1C(=O)NC21C=C(CC(F)F)CC1. The Morgan fingerprint density at radius 3 is 2.86 bits per heavy atom. The summed E-state index contributed by atoms with van der Waals surface area (Å²) in [6, 6.07) is 3.03. The average molecular weight is 388 g/mol. The van der Waals surface area contributed by atoms with Gasteiger partial charge in [0.25, 0.3) is 11.5 Å². The highest BCUT2D eigenvalue weighted by Crippen LogP contribution is 2.39. The Hall–Kier alpha value is -3.30. The summed E-state index contributed by atoms with van der Waals surface area (Å²) in [6.07, 6.45) is 0.720. The van der Waals surface area contributed by atoms with Crippen molar-refractivity contribution >= 4 is 23.2 Å². The van der Waals surface area contributed by atoms with Gasteiger partial charge in [0.2, 0.25) is 6.43 Å². The molecule has 2 aliphatic rings. The Labute approximate surface area is 158 Å². The summed E-state index contributed by atoms with van der Waals surface area (Å²) < 4.78 is 26.9. The molecular weight excluding hydrogens is 370 g/mol. The van der Waals surface area contributed by atoms with E-state index in [0.717, 1.165) is 0 Å². The van der Waals surface area contributed by atoms with Crippen LogP contribution in [0.15, 0.2) is 34.9 Å². The van der Waals surface area contributed by atoms with E-state index in [1.165, 1.54) is 17.0 Å². The maximum atomic E-state index is 13.2. The molecule has 2 aromatic rings. The van der Waals surface area contributed by atoms with E-state index < -0.39 is 23.6 Å². The van der Waals surface area contributed by atoms with Gasteiger partial charge in [-0.15, -0.1) is 0 Å². The number of pyridine rings is 1. The van der Waals surface area contributed by atoms with Crippen LogP contribution < -0.4 is 21.9 Å². The monoisotopic (exact) mass is 388 g/mol. The van der Waals surface area contributed by atoms with Crippen LogP contribution in [-0.2, 0) is 5.66 Å². The molecule has 1 amide bonds. The van der Waals surface area contributed by atoms with Crippen molar-refractivity contribution in [3.63, 3.8) is 0 Å². The number of hydrogen-bond donors (Lipinski definition) is 3. The molecule has 0 radical (unpaired) electrons. The van der Waals surface area contributed by atoms with Gasteiger partial charge in [-0.2, -0.15) is 0 Å².